The van der Waals surface area contributed by atoms with Crippen molar-refractivity contribution in [3.8, 4) is 16.9 Å². The van der Waals surface area contributed by atoms with E-state index in [1.807, 2.05) is 0 Å². The van der Waals surface area contributed by atoms with Gasteiger partial charge in [0.2, 0.25) is 11.5 Å². The Kier molecular flexibility index (Phi) is 20.0. The van der Waals surface area contributed by atoms with Crippen molar-refractivity contribution in [1.82, 2.24) is 29.6 Å². The van der Waals surface area contributed by atoms with Crippen molar-refractivity contribution in [3.63, 3.8) is 0 Å². The first-order valence-electron chi connectivity index (χ1n) is 22.7. The smallest absolute Gasteiger partial charge is 0.323 e. The molecule has 3 heterocycles. The molecule has 0 radical (unpaired) electrons. The monoisotopic (exact) mass is 1030 g/mol. The van der Waals surface area contributed by atoms with Gasteiger partial charge in [-0.2, -0.15) is 0 Å². The minimum absolute atomic E-state index is 0.0752. The van der Waals surface area contributed by atoms with Crippen molar-refractivity contribution < 1.29 is 88.7 Å². The second-order valence-corrected chi connectivity index (χ2v) is 17.0. The van der Waals surface area contributed by atoms with E-state index in [4.69, 9.17) is 4.74 Å². The lowest BCUT2D eigenvalue weighted by Gasteiger charge is -2.38. The molecule has 396 valence electrons. The van der Waals surface area contributed by atoms with E-state index in [-0.39, 0.29) is 81.6 Å². The van der Waals surface area contributed by atoms with Gasteiger partial charge in [0.1, 0.15) is 43.6 Å². The molecular weight excluding hydrogens is 981 g/mol. The Balaban J connectivity index is 1.47. The maximum atomic E-state index is 13.9. The molecule has 1 saturated heterocycles. The molecule has 1 aliphatic rings. The molecule has 4 aromatic rings. The number of hydrogen-bond donors (Lipinski definition) is 10. The Morgan fingerprint density at radius 3 is 1.59 bits per heavy atom. The van der Waals surface area contributed by atoms with Crippen LogP contribution in [0.1, 0.15) is 25.0 Å². The number of hydrogen-bond acceptors (Lipinski definition) is 17. The van der Waals surface area contributed by atoms with E-state index in [1.165, 1.54) is 51.2 Å². The van der Waals surface area contributed by atoms with Crippen LogP contribution >= 0.6 is 0 Å². The summed E-state index contributed by atoms with van der Waals surface area (Å²) >= 11 is 0. The molecule has 3 unspecified atom stereocenters. The number of aromatic nitrogens is 2. The van der Waals surface area contributed by atoms with Crippen molar-refractivity contribution in [2.75, 3.05) is 82.2 Å². The van der Waals surface area contributed by atoms with Gasteiger partial charge in [0.05, 0.1) is 42.7 Å². The number of benzene rings is 2. The van der Waals surface area contributed by atoms with E-state index in [1.54, 1.807) is 30.3 Å². The Hall–Kier alpha value is -8.53. The first-order chi connectivity index (χ1) is 35.1. The van der Waals surface area contributed by atoms with Crippen LogP contribution in [0.25, 0.3) is 22.0 Å². The molecule has 1 amide bonds. The SMILES string of the molecule is O=C(O)CC(C(=O)O)N1CCN(CC(=O)Nc2ccc3c(-c4ccc(N(CC(=O)O)CC(=O)O)c(OCc5ccccn5)c4)cc(=O)[nH]c3c2)CCN(C(CC(=O)O)C(=O)O)CCN(C(CC(=O)O)C(=O)O)CC1. The summed E-state index contributed by atoms with van der Waals surface area (Å²) in [6, 6.07) is 10.4. The number of rotatable bonds is 24. The molecule has 3 atom stereocenters. The minimum Gasteiger partial charge on any atom is -0.485 e. The number of nitrogens with zero attached hydrogens (tertiary/aromatic N) is 6. The van der Waals surface area contributed by atoms with Crippen LogP contribution in [0.5, 0.6) is 5.75 Å². The fourth-order valence-electron chi connectivity index (χ4n) is 8.43. The number of anilines is 2. The molecule has 1 aliphatic heterocycles. The highest BCUT2D eigenvalue weighted by Gasteiger charge is 2.35. The average molecular weight is 1030 g/mol. The molecule has 1 fully saturated rings. The number of ether oxygens (including phenoxy) is 1. The van der Waals surface area contributed by atoms with Crippen molar-refractivity contribution in [3.05, 3.63) is 82.9 Å². The van der Waals surface area contributed by atoms with Gasteiger partial charge < -0.3 is 60.8 Å². The predicted molar refractivity (Wildman–Crippen MR) is 257 cm³/mol. The molecule has 0 spiro atoms. The number of fused-ring (bicyclic) bond motifs is 1. The number of carboxylic acid groups (broad SMARTS) is 8. The zero-order valence-electron chi connectivity index (χ0n) is 39.4. The van der Waals surface area contributed by atoms with E-state index in [9.17, 15) is 88.8 Å². The van der Waals surface area contributed by atoms with E-state index < -0.39 is 116 Å². The number of amides is 1. The van der Waals surface area contributed by atoms with Gasteiger partial charge in [0.15, 0.2) is 0 Å². The molecule has 0 aliphatic carbocycles. The maximum absolute atomic E-state index is 13.9. The second kappa shape index (κ2) is 26.2. The Bertz CT molecular complexity index is 2730. The number of nitrogens with one attached hydrogen (secondary N) is 2. The van der Waals surface area contributed by atoms with Crippen LogP contribution in [0.15, 0.2) is 71.7 Å². The van der Waals surface area contributed by atoms with E-state index in [0.717, 1.165) is 9.80 Å². The number of carbonyl (C=O) groups excluding carboxylic acids is 1. The standard InChI is InChI=1S/C47H54N8O19/c56-38-19-31(27-4-7-33(55(24-43(64)65)25-44(66)67)37(17-27)74-26-29-3-1-2-8-48-29)30-6-5-28(18-32(30)50-38)49-39(57)23-51-9-11-52(34(45(68)69)20-40(58)59)13-15-54(36(47(72)73)22-42(62)63)16-14-53(12-10-51)35(46(70)71)21-41(60)61/h1-8,17-19,34-36H,9-16,20-26H2,(H,49,57)(H,50,56)(H,58,59)(H,60,61)(H,62,63)(H,64,65)(H,66,67)(H,68,69)(H,70,71)(H,72,73). The lowest BCUT2D eigenvalue weighted by molar-refractivity contribution is -0.152. The van der Waals surface area contributed by atoms with Crippen molar-refractivity contribution >= 4 is 75.9 Å². The molecule has 0 saturated carbocycles. The normalized spacial score (nSPS) is 15.6. The topological polar surface area (TPSA) is 399 Å². The summed E-state index contributed by atoms with van der Waals surface area (Å²) in [6.45, 7) is -4.16. The van der Waals surface area contributed by atoms with Gasteiger partial charge in [-0.3, -0.25) is 72.5 Å². The number of carbonyl (C=O) groups is 9. The molecule has 0 bridgehead atoms. The van der Waals surface area contributed by atoms with E-state index in [2.05, 4.69) is 15.3 Å². The summed E-state index contributed by atoms with van der Waals surface area (Å²) < 4.78 is 6.08. The molecule has 27 heteroatoms. The first kappa shape index (κ1) is 56.4. The largest absolute Gasteiger partial charge is 0.485 e. The third-order valence-corrected chi connectivity index (χ3v) is 11.9. The molecule has 5 rings (SSSR count). The minimum atomic E-state index is -1.71. The molecule has 2 aromatic heterocycles. The van der Waals surface area contributed by atoms with Gasteiger partial charge in [-0.1, -0.05) is 18.2 Å². The van der Waals surface area contributed by atoms with Crippen LogP contribution in [0, 0.1) is 0 Å². The Morgan fingerprint density at radius 1 is 0.622 bits per heavy atom. The van der Waals surface area contributed by atoms with Crippen LogP contribution in [0.2, 0.25) is 0 Å². The molecule has 2 aromatic carbocycles. The number of H-pyrrole nitrogens is 1. The molecular formula is C47H54N8O19. The zero-order valence-corrected chi connectivity index (χ0v) is 39.4. The lowest BCUT2D eigenvalue weighted by Crippen LogP contribution is -2.55. The van der Waals surface area contributed by atoms with Gasteiger partial charge in [-0.25, -0.2) is 0 Å². The zero-order chi connectivity index (χ0) is 54.2. The van der Waals surface area contributed by atoms with Gasteiger partial charge in [-0.15, -0.1) is 0 Å². The predicted octanol–water partition coefficient (Wildman–Crippen LogP) is 0.0885. The van der Waals surface area contributed by atoms with Crippen molar-refractivity contribution in [2.45, 2.75) is 44.0 Å². The summed E-state index contributed by atoms with van der Waals surface area (Å²) in [5.41, 5.74) is 1.23. The Morgan fingerprint density at radius 2 is 1.14 bits per heavy atom. The summed E-state index contributed by atoms with van der Waals surface area (Å²) in [5.74, 6) is -12.3. The van der Waals surface area contributed by atoms with Gasteiger partial charge >= 0.3 is 47.8 Å². The fraction of sp³-hybridized carbons (Fsp3) is 0.383. The highest BCUT2D eigenvalue weighted by Crippen LogP contribution is 2.36. The van der Waals surface area contributed by atoms with Gasteiger partial charge in [0.25, 0.3) is 0 Å². The number of aromatic amines is 1. The number of carboxylic acids is 8. The summed E-state index contributed by atoms with van der Waals surface area (Å²) in [5, 5.41) is 81.4. The third kappa shape index (κ3) is 16.5. The molecule has 74 heavy (non-hydrogen) atoms. The average Bonchev–Trinajstić information content (AvgIpc) is 3.31. The molecule has 27 nitrogen and oxygen atoms in total. The highest BCUT2D eigenvalue weighted by molar-refractivity contribution is 5.99. The quantitative estimate of drug-likeness (QED) is 0.0444. The van der Waals surface area contributed by atoms with Crippen LogP contribution in [-0.2, 0) is 49.8 Å². The maximum Gasteiger partial charge on any atom is 0.323 e. The van der Waals surface area contributed by atoms with E-state index in [0.29, 0.717) is 22.2 Å². The van der Waals surface area contributed by atoms with E-state index >= 15 is 0 Å². The van der Waals surface area contributed by atoms with Crippen LogP contribution in [0.4, 0.5) is 11.4 Å². The lowest BCUT2D eigenvalue weighted by atomic mass is 10.00. The third-order valence-electron chi connectivity index (χ3n) is 11.9. The number of aliphatic carboxylic acids is 8. The van der Waals surface area contributed by atoms with Crippen LogP contribution in [-0.4, -0.2) is 214 Å². The van der Waals surface area contributed by atoms with Gasteiger partial charge in [0, 0.05) is 75.7 Å². The van der Waals surface area contributed by atoms with Crippen molar-refractivity contribution in [2.24, 2.45) is 0 Å². The summed E-state index contributed by atoms with van der Waals surface area (Å²) in [7, 11) is 0. The highest BCUT2D eigenvalue weighted by atomic mass is 16.5. The summed E-state index contributed by atoms with van der Waals surface area (Å²) in [4.78, 5) is 136. The van der Waals surface area contributed by atoms with Gasteiger partial charge in [-0.05, 0) is 47.5 Å². The van der Waals surface area contributed by atoms with Crippen molar-refractivity contribution in [1.29, 1.82) is 0 Å². The fourth-order valence-corrected chi connectivity index (χ4v) is 8.43. The van der Waals surface area contributed by atoms with Crippen LogP contribution < -0.4 is 20.5 Å². The molecule has 10 N–H and O–H groups in total. The second-order valence-electron chi connectivity index (χ2n) is 17.0. The Labute approximate surface area is 419 Å². The first-order valence-corrected chi connectivity index (χ1v) is 22.7. The van der Waals surface area contributed by atoms with Crippen LogP contribution in [0.3, 0.4) is 0 Å². The summed E-state index contributed by atoms with van der Waals surface area (Å²) in [6.07, 6.45) is -1.18. The number of pyridine rings is 2.